The maximum atomic E-state index is 12.0. The number of aromatic nitrogens is 2. The Morgan fingerprint density at radius 3 is 2.62 bits per heavy atom. The summed E-state index contributed by atoms with van der Waals surface area (Å²) in [5.74, 6) is 0.433. The molecule has 0 atom stereocenters. The van der Waals surface area contributed by atoms with Gasteiger partial charge in [-0.05, 0) is 34.1 Å². The molecule has 16 heavy (non-hydrogen) atoms. The Morgan fingerprint density at radius 2 is 2.12 bits per heavy atom. The van der Waals surface area contributed by atoms with Gasteiger partial charge in [0.05, 0.1) is 0 Å². The van der Waals surface area contributed by atoms with E-state index in [1.807, 2.05) is 13.8 Å². The van der Waals surface area contributed by atoms with Crippen molar-refractivity contribution >= 4 is 5.82 Å². The van der Waals surface area contributed by atoms with Gasteiger partial charge in [0.1, 0.15) is 0 Å². The van der Waals surface area contributed by atoms with E-state index < -0.39 is 0 Å². The van der Waals surface area contributed by atoms with Crippen LogP contribution in [0.1, 0.15) is 47.1 Å². The van der Waals surface area contributed by atoms with Crippen LogP contribution in [0.3, 0.4) is 0 Å². The van der Waals surface area contributed by atoms with E-state index in [0.717, 1.165) is 6.42 Å². The van der Waals surface area contributed by atoms with Crippen LogP contribution >= 0.6 is 0 Å². The van der Waals surface area contributed by atoms with Crippen molar-refractivity contribution in [2.45, 2.75) is 52.6 Å². The van der Waals surface area contributed by atoms with E-state index in [1.165, 1.54) is 0 Å². The van der Waals surface area contributed by atoms with Gasteiger partial charge in [-0.3, -0.25) is 4.79 Å². The maximum absolute atomic E-state index is 12.0. The molecule has 1 rings (SSSR count). The standard InChI is InChI=1S/C12H21N3O/c1-6-12(4,5)14-10-11(16)15(9(2)3)8-7-13-10/h7-9H,6H2,1-5H3,(H,13,14). The summed E-state index contributed by atoms with van der Waals surface area (Å²) in [6, 6.07) is 0.154. The number of anilines is 1. The van der Waals surface area contributed by atoms with Gasteiger partial charge in [0.25, 0.3) is 5.56 Å². The number of rotatable bonds is 4. The van der Waals surface area contributed by atoms with Crippen LogP contribution in [0.15, 0.2) is 17.2 Å². The van der Waals surface area contributed by atoms with Crippen LogP contribution in [0, 0.1) is 0 Å². The minimum atomic E-state index is -0.109. The Bertz CT molecular complexity index is 407. The summed E-state index contributed by atoms with van der Waals surface area (Å²) in [5, 5.41) is 3.19. The van der Waals surface area contributed by atoms with Crippen molar-refractivity contribution in [1.29, 1.82) is 0 Å². The molecule has 0 unspecified atom stereocenters. The van der Waals surface area contributed by atoms with E-state index in [9.17, 15) is 4.79 Å². The highest BCUT2D eigenvalue weighted by Gasteiger charge is 2.17. The van der Waals surface area contributed by atoms with Crippen molar-refractivity contribution < 1.29 is 0 Å². The number of hydrogen-bond acceptors (Lipinski definition) is 3. The molecule has 0 fully saturated rings. The number of nitrogens with one attached hydrogen (secondary N) is 1. The summed E-state index contributed by atoms with van der Waals surface area (Å²) in [7, 11) is 0. The van der Waals surface area contributed by atoms with Gasteiger partial charge in [-0.2, -0.15) is 0 Å². The minimum absolute atomic E-state index is 0.0565. The predicted octanol–water partition coefficient (Wildman–Crippen LogP) is 2.42. The first-order valence-corrected chi connectivity index (χ1v) is 5.72. The lowest BCUT2D eigenvalue weighted by Gasteiger charge is -2.25. The molecule has 4 heteroatoms. The lowest BCUT2D eigenvalue weighted by molar-refractivity contribution is 0.534. The van der Waals surface area contributed by atoms with Crippen molar-refractivity contribution in [3.05, 3.63) is 22.7 Å². The van der Waals surface area contributed by atoms with Gasteiger partial charge in [0.2, 0.25) is 0 Å². The van der Waals surface area contributed by atoms with Crippen molar-refractivity contribution in [3.63, 3.8) is 0 Å². The average molecular weight is 223 g/mol. The summed E-state index contributed by atoms with van der Waals surface area (Å²) in [5.41, 5.74) is -0.165. The first kappa shape index (κ1) is 12.7. The van der Waals surface area contributed by atoms with E-state index in [-0.39, 0.29) is 17.1 Å². The van der Waals surface area contributed by atoms with Crippen LogP contribution in [0.5, 0.6) is 0 Å². The van der Waals surface area contributed by atoms with Crippen molar-refractivity contribution in [3.8, 4) is 0 Å². The number of nitrogens with zero attached hydrogens (tertiary/aromatic N) is 2. The molecule has 0 aliphatic rings. The third kappa shape index (κ3) is 2.84. The molecule has 0 aliphatic carbocycles. The summed E-state index contributed by atoms with van der Waals surface area (Å²) < 4.78 is 1.68. The van der Waals surface area contributed by atoms with Crippen molar-refractivity contribution in [1.82, 2.24) is 9.55 Å². The van der Waals surface area contributed by atoms with Crippen LogP contribution in [0.4, 0.5) is 5.82 Å². The second-order valence-corrected chi connectivity index (χ2v) is 4.94. The van der Waals surface area contributed by atoms with Gasteiger partial charge in [0, 0.05) is 24.0 Å². The Morgan fingerprint density at radius 1 is 1.50 bits per heavy atom. The van der Waals surface area contributed by atoms with E-state index >= 15 is 0 Å². The van der Waals surface area contributed by atoms with E-state index in [2.05, 4.69) is 31.1 Å². The number of hydrogen-bond donors (Lipinski definition) is 1. The van der Waals surface area contributed by atoms with Crippen molar-refractivity contribution in [2.24, 2.45) is 0 Å². The summed E-state index contributed by atoms with van der Waals surface area (Å²) >= 11 is 0. The molecule has 1 N–H and O–H groups in total. The molecule has 1 aromatic rings. The Kier molecular flexibility index (Phi) is 3.73. The van der Waals surface area contributed by atoms with Gasteiger partial charge >= 0.3 is 0 Å². The van der Waals surface area contributed by atoms with Gasteiger partial charge in [-0.15, -0.1) is 0 Å². The molecular weight excluding hydrogens is 202 g/mol. The monoisotopic (exact) mass is 223 g/mol. The van der Waals surface area contributed by atoms with Gasteiger partial charge in [-0.1, -0.05) is 6.92 Å². The highest BCUT2D eigenvalue weighted by Crippen LogP contribution is 2.13. The summed E-state index contributed by atoms with van der Waals surface area (Å²) in [6.45, 7) is 10.2. The van der Waals surface area contributed by atoms with Gasteiger partial charge in [-0.25, -0.2) is 4.98 Å². The zero-order chi connectivity index (χ0) is 12.3. The molecule has 1 heterocycles. The van der Waals surface area contributed by atoms with Crippen LogP contribution in [0.25, 0.3) is 0 Å². The lowest BCUT2D eigenvalue weighted by atomic mass is 10.0. The van der Waals surface area contributed by atoms with Crippen LogP contribution in [0.2, 0.25) is 0 Å². The molecule has 0 radical (unpaired) electrons. The van der Waals surface area contributed by atoms with Crippen LogP contribution in [-0.4, -0.2) is 15.1 Å². The molecule has 4 nitrogen and oxygen atoms in total. The Hall–Kier alpha value is -1.32. The second-order valence-electron chi connectivity index (χ2n) is 4.94. The summed E-state index contributed by atoms with van der Waals surface area (Å²) in [6.07, 6.45) is 4.32. The van der Waals surface area contributed by atoms with Gasteiger partial charge < -0.3 is 9.88 Å². The maximum Gasteiger partial charge on any atom is 0.293 e. The third-order valence-corrected chi connectivity index (χ3v) is 2.77. The topological polar surface area (TPSA) is 46.9 Å². The normalized spacial score (nSPS) is 11.9. The molecule has 0 spiro atoms. The van der Waals surface area contributed by atoms with Crippen molar-refractivity contribution in [2.75, 3.05) is 5.32 Å². The molecule has 90 valence electrons. The fourth-order valence-electron chi connectivity index (χ4n) is 1.33. The molecular formula is C12H21N3O. The quantitative estimate of drug-likeness (QED) is 0.852. The first-order chi connectivity index (χ1) is 7.37. The zero-order valence-corrected chi connectivity index (χ0v) is 10.7. The summed E-state index contributed by atoms with van der Waals surface area (Å²) in [4.78, 5) is 16.2. The van der Waals surface area contributed by atoms with Gasteiger partial charge in [0.15, 0.2) is 5.82 Å². The second kappa shape index (κ2) is 4.68. The van der Waals surface area contributed by atoms with E-state index in [1.54, 1.807) is 17.0 Å². The fraction of sp³-hybridized carbons (Fsp3) is 0.667. The predicted molar refractivity (Wildman–Crippen MR) is 66.9 cm³/mol. The molecule has 0 saturated heterocycles. The highest BCUT2D eigenvalue weighted by molar-refractivity contribution is 5.34. The highest BCUT2D eigenvalue weighted by atomic mass is 16.1. The minimum Gasteiger partial charge on any atom is -0.361 e. The molecule has 0 aliphatic heterocycles. The smallest absolute Gasteiger partial charge is 0.293 e. The molecule has 1 aromatic heterocycles. The zero-order valence-electron chi connectivity index (χ0n) is 10.7. The van der Waals surface area contributed by atoms with E-state index in [4.69, 9.17) is 0 Å². The van der Waals surface area contributed by atoms with Crippen LogP contribution < -0.4 is 10.9 Å². The Labute approximate surface area is 96.7 Å². The Balaban J connectivity index is 3.08. The first-order valence-electron chi connectivity index (χ1n) is 5.72. The molecule has 0 saturated carbocycles. The molecule has 0 amide bonds. The van der Waals surface area contributed by atoms with Crippen LogP contribution in [-0.2, 0) is 0 Å². The SMILES string of the molecule is CCC(C)(C)Nc1nccn(C(C)C)c1=O. The lowest BCUT2D eigenvalue weighted by Crippen LogP contribution is -2.35. The fourth-order valence-corrected chi connectivity index (χ4v) is 1.33. The largest absolute Gasteiger partial charge is 0.361 e. The van der Waals surface area contributed by atoms with E-state index in [0.29, 0.717) is 5.82 Å². The average Bonchev–Trinajstić information content (AvgIpc) is 2.20. The molecule has 0 bridgehead atoms. The third-order valence-electron chi connectivity index (χ3n) is 2.77. The molecule has 0 aromatic carbocycles.